The molecule has 0 spiro atoms. The van der Waals surface area contributed by atoms with Crippen molar-refractivity contribution in [2.24, 2.45) is 0 Å². The molecule has 160 valence electrons. The van der Waals surface area contributed by atoms with Crippen molar-refractivity contribution in [3.05, 3.63) is 83.2 Å². The number of fused-ring (bicyclic) bond motifs is 1. The molecule has 0 amide bonds. The molecule has 7 nitrogen and oxygen atoms in total. The minimum absolute atomic E-state index is 0.200. The van der Waals surface area contributed by atoms with E-state index in [1.54, 1.807) is 24.3 Å². The van der Waals surface area contributed by atoms with E-state index >= 15 is 0 Å². The molecule has 0 bridgehead atoms. The molecule has 2 heterocycles. The minimum atomic E-state index is -3.63. The van der Waals surface area contributed by atoms with Crippen LogP contribution in [-0.4, -0.2) is 34.5 Å². The molecule has 0 saturated carbocycles. The second kappa shape index (κ2) is 8.78. The maximum absolute atomic E-state index is 12.8. The van der Waals surface area contributed by atoms with E-state index in [4.69, 9.17) is 0 Å². The van der Waals surface area contributed by atoms with Gasteiger partial charge in [-0.25, -0.2) is 18.1 Å². The monoisotopic (exact) mass is 453 g/mol. The van der Waals surface area contributed by atoms with Crippen molar-refractivity contribution in [1.29, 1.82) is 0 Å². The number of sulfonamides is 1. The van der Waals surface area contributed by atoms with Gasteiger partial charge in [-0.2, -0.15) is 0 Å². The lowest BCUT2D eigenvalue weighted by molar-refractivity contribution is 0.581. The van der Waals surface area contributed by atoms with Crippen LogP contribution in [0.1, 0.15) is 27.8 Å². The minimum Gasteiger partial charge on any atom is -0.259 e. The summed E-state index contributed by atoms with van der Waals surface area (Å²) in [5.74, 6) is 0.534. The summed E-state index contributed by atoms with van der Waals surface area (Å²) in [5.41, 5.74) is 3.85. The maximum atomic E-state index is 12.8. The molecule has 0 radical (unpaired) electrons. The molecule has 4 rings (SSSR count). The Morgan fingerprint density at radius 3 is 2.42 bits per heavy atom. The predicted octanol–water partition coefficient (Wildman–Crippen LogP) is 3.86. The SMILES string of the molecule is Cc1ccc(S(=O)(=O)NCC(Sc2nnc3nc(C)cc(C)n23)c2ccccc2)cc1. The Hall–Kier alpha value is -2.75. The van der Waals surface area contributed by atoms with Gasteiger partial charge in [-0.15, -0.1) is 10.2 Å². The number of nitrogens with one attached hydrogen (secondary N) is 1. The summed E-state index contributed by atoms with van der Waals surface area (Å²) in [6.45, 7) is 6.03. The van der Waals surface area contributed by atoms with Crippen molar-refractivity contribution in [2.45, 2.75) is 36.1 Å². The summed E-state index contributed by atoms with van der Waals surface area (Å²) in [6, 6.07) is 18.6. The Kier molecular flexibility index (Phi) is 6.08. The van der Waals surface area contributed by atoms with Gasteiger partial charge < -0.3 is 0 Å². The highest BCUT2D eigenvalue weighted by Crippen LogP contribution is 2.34. The van der Waals surface area contributed by atoms with Gasteiger partial charge in [0.1, 0.15) is 0 Å². The van der Waals surface area contributed by atoms with E-state index in [1.807, 2.05) is 61.6 Å². The van der Waals surface area contributed by atoms with Crippen LogP contribution in [0.4, 0.5) is 0 Å². The van der Waals surface area contributed by atoms with Crippen molar-refractivity contribution in [3.63, 3.8) is 0 Å². The second-order valence-electron chi connectivity index (χ2n) is 7.34. The zero-order chi connectivity index (χ0) is 22.0. The second-order valence-corrected chi connectivity index (χ2v) is 10.3. The molecule has 0 aliphatic carbocycles. The van der Waals surface area contributed by atoms with Gasteiger partial charge in [-0.1, -0.05) is 59.8 Å². The fourth-order valence-corrected chi connectivity index (χ4v) is 5.57. The van der Waals surface area contributed by atoms with E-state index in [-0.39, 0.29) is 16.7 Å². The first-order valence-corrected chi connectivity index (χ1v) is 12.2. The van der Waals surface area contributed by atoms with Crippen LogP contribution in [0.2, 0.25) is 0 Å². The first-order valence-electron chi connectivity index (χ1n) is 9.81. The summed E-state index contributed by atoms with van der Waals surface area (Å²) in [7, 11) is -3.63. The molecule has 31 heavy (non-hydrogen) atoms. The number of aromatic nitrogens is 4. The van der Waals surface area contributed by atoms with E-state index in [0.29, 0.717) is 10.9 Å². The van der Waals surface area contributed by atoms with Gasteiger partial charge in [0.25, 0.3) is 5.78 Å². The summed E-state index contributed by atoms with van der Waals surface area (Å²) in [5, 5.41) is 8.98. The van der Waals surface area contributed by atoms with Crippen LogP contribution in [0.3, 0.4) is 0 Å². The van der Waals surface area contributed by atoms with E-state index in [2.05, 4.69) is 19.9 Å². The van der Waals surface area contributed by atoms with Gasteiger partial charge in [0, 0.05) is 17.9 Å². The molecule has 0 saturated heterocycles. The van der Waals surface area contributed by atoms with Crippen LogP contribution in [0, 0.1) is 20.8 Å². The standard InChI is InChI=1S/C22H23N5O2S2/c1-15-9-11-19(12-10-15)31(28,29)23-14-20(18-7-5-4-6-8-18)30-22-26-25-21-24-16(2)13-17(3)27(21)22/h4-13,20,23H,14H2,1-3H3. The molecule has 0 aliphatic heterocycles. The Morgan fingerprint density at radius 1 is 1.00 bits per heavy atom. The molecule has 2 aromatic heterocycles. The molecule has 9 heteroatoms. The van der Waals surface area contributed by atoms with Crippen LogP contribution >= 0.6 is 11.8 Å². The van der Waals surface area contributed by atoms with Gasteiger partial charge in [0.05, 0.1) is 10.1 Å². The van der Waals surface area contributed by atoms with Crippen LogP contribution < -0.4 is 4.72 Å². The quantitative estimate of drug-likeness (QED) is 0.428. The van der Waals surface area contributed by atoms with Crippen LogP contribution in [0.15, 0.2) is 70.7 Å². The largest absolute Gasteiger partial charge is 0.259 e. The van der Waals surface area contributed by atoms with E-state index in [1.165, 1.54) is 11.8 Å². The smallest absolute Gasteiger partial charge is 0.256 e. The fourth-order valence-electron chi connectivity index (χ4n) is 3.29. The highest BCUT2D eigenvalue weighted by Gasteiger charge is 2.22. The number of nitrogens with zero attached hydrogens (tertiary/aromatic N) is 4. The zero-order valence-corrected chi connectivity index (χ0v) is 19.1. The van der Waals surface area contributed by atoms with Crippen LogP contribution in [0.5, 0.6) is 0 Å². The van der Waals surface area contributed by atoms with Crippen molar-refractivity contribution < 1.29 is 8.42 Å². The summed E-state index contributed by atoms with van der Waals surface area (Å²) in [6.07, 6.45) is 0. The zero-order valence-electron chi connectivity index (χ0n) is 17.5. The fraction of sp³-hybridized carbons (Fsp3) is 0.227. The molecule has 1 unspecified atom stereocenters. The number of rotatable bonds is 7. The van der Waals surface area contributed by atoms with Gasteiger partial charge >= 0.3 is 0 Å². The van der Waals surface area contributed by atoms with Crippen LogP contribution in [0.25, 0.3) is 5.78 Å². The molecule has 4 aromatic rings. The molecule has 1 atom stereocenters. The third-order valence-electron chi connectivity index (χ3n) is 4.87. The highest BCUT2D eigenvalue weighted by atomic mass is 32.2. The molecule has 0 aliphatic rings. The number of thioether (sulfide) groups is 1. The van der Waals surface area contributed by atoms with E-state index in [9.17, 15) is 8.42 Å². The molecule has 1 N–H and O–H groups in total. The maximum Gasteiger partial charge on any atom is 0.256 e. The summed E-state index contributed by atoms with van der Waals surface area (Å²) in [4.78, 5) is 4.68. The lowest BCUT2D eigenvalue weighted by Gasteiger charge is -2.17. The first kappa shape index (κ1) is 21.5. The summed E-state index contributed by atoms with van der Waals surface area (Å²) < 4.78 is 30.3. The Balaban J connectivity index is 1.62. The lowest BCUT2D eigenvalue weighted by Crippen LogP contribution is -2.27. The number of aryl methyl sites for hydroxylation is 3. The normalized spacial score (nSPS) is 12.9. The van der Waals surface area contributed by atoms with Gasteiger partial charge in [0.2, 0.25) is 10.0 Å². The molecular formula is C22H23N5O2S2. The summed E-state index contributed by atoms with van der Waals surface area (Å²) >= 11 is 1.46. The Bertz CT molecular complexity index is 1300. The highest BCUT2D eigenvalue weighted by molar-refractivity contribution is 7.99. The average molecular weight is 454 g/mol. The number of hydrogen-bond acceptors (Lipinski definition) is 6. The van der Waals surface area contributed by atoms with Crippen molar-refractivity contribution in [1.82, 2.24) is 24.3 Å². The molecule has 0 fully saturated rings. The Labute approximate surface area is 186 Å². The van der Waals surface area contributed by atoms with Gasteiger partial charge in [0.15, 0.2) is 5.16 Å². The number of benzene rings is 2. The average Bonchev–Trinajstić information content (AvgIpc) is 3.15. The first-order chi connectivity index (χ1) is 14.8. The third kappa shape index (κ3) is 4.79. The van der Waals surface area contributed by atoms with E-state index < -0.39 is 10.0 Å². The number of hydrogen-bond donors (Lipinski definition) is 1. The van der Waals surface area contributed by atoms with Gasteiger partial charge in [-0.3, -0.25) is 4.40 Å². The topological polar surface area (TPSA) is 89.2 Å². The van der Waals surface area contributed by atoms with Crippen LogP contribution in [-0.2, 0) is 10.0 Å². The van der Waals surface area contributed by atoms with Crippen molar-refractivity contribution in [3.8, 4) is 0 Å². The lowest BCUT2D eigenvalue weighted by atomic mass is 10.1. The third-order valence-corrected chi connectivity index (χ3v) is 7.51. The van der Waals surface area contributed by atoms with Crippen molar-refractivity contribution >= 4 is 27.6 Å². The molecule has 2 aromatic carbocycles. The Morgan fingerprint density at radius 2 is 1.71 bits per heavy atom. The van der Waals surface area contributed by atoms with Crippen molar-refractivity contribution in [2.75, 3.05) is 6.54 Å². The van der Waals surface area contributed by atoms with E-state index in [0.717, 1.165) is 22.5 Å². The predicted molar refractivity (Wildman–Crippen MR) is 122 cm³/mol. The molecular weight excluding hydrogens is 430 g/mol. The van der Waals surface area contributed by atoms with Gasteiger partial charge in [-0.05, 0) is 44.5 Å².